The lowest BCUT2D eigenvalue weighted by Crippen LogP contribution is -2.52. The van der Waals surface area contributed by atoms with Gasteiger partial charge in [0, 0.05) is 19.0 Å². The molecule has 0 aromatic heterocycles. The minimum absolute atomic E-state index is 0.0150. The van der Waals surface area contributed by atoms with Crippen molar-refractivity contribution in [2.75, 3.05) is 26.3 Å². The van der Waals surface area contributed by atoms with Crippen molar-refractivity contribution >= 4 is 5.91 Å². The van der Waals surface area contributed by atoms with Crippen molar-refractivity contribution < 1.29 is 14.6 Å². The van der Waals surface area contributed by atoms with Gasteiger partial charge in [-0.2, -0.15) is 0 Å². The van der Waals surface area contributed by atoms with E-state index in [9.17, 15) is 9.90 Å². The molecule has 0 aromatic rings. The Bertz CT molecular complexity index is 241. The molecule has 3 N–H and O–H groups in total. The third-order valence-corrected chi connectivity index (χ3v) is 3.40. The largest absolute Gasteiger partial charge is 0.393 e. The van der Waals surface area contributed by atoms with Crippen LogP contribution in [-0.2, 0) is 9.53 Å². The molecule has 5 heteroatoms. The van der Waals surface area contributed by atoms with Crippen LogP contribution in [0.2, 0.25) is 0 Å². The third kappa shape index (κ3) is 2.93. The van der Waals surface area contributed by atoms with E-state index in [0.717, 1.165) is 25.8 Å². The van der Waals surface area contributed by atoms with E-state index in [1.165, 1.54) is 0 Å². The second-order valence-corrected chi connectivity index (χ2v) is 4.59. The number of nitrogens with one attached hydrogen (secondary N) is 2. The monoisotopic (exact) mass is 228 g/mol. The molecule has 1 aliphatic heterocycles. The van der Waals surface area contributed by atoms with Gasteiger partial charge in [-0.3, -0.25) is 4.79 Å². The zero-order chi connectivity index (χ0) is 11.4. The van der Waals surface area contributed by atoms with Crippen molar-refractivity contribution in [1.29, 1.82) is 0 Å². The van der Waals surface area contributed by atoms with E-state index in [1.807, 2.05) is 0 Å². The lowest BCUT2D eigenvalue weighted by Gasteiger charge is -2.24. The molecule has 0 bridgehead atoms. The summed E-state index contributed by atoms with van der Waals surface area (Å²) in [7, 11) is 0. The second kappa shape index (κ2) is 5.61. The van der Waals surface area contributed by atoms with E-state index in [0.29, 0.717) is 19.8 Å². The maximum Gasteiger partial charge on any atom is 0.239 e. The quantitative estimate of drug-likeness (QED) is 0.594. The summed E-state index contributed by atoms with van der Waals surface area (Å²) in [6.45, 7) is 2.42. The fourth-order valence-electron chi connectivity index (χ4n) is 2.34. The highest BCUT2D eigenvalue weighted by Crippen LogP contribution is 2.24. The Hall–Kier alpha value is -0.650. The van der Waals surface area contributed by atoms with Gasteiger partial charge in [-0.15, -0.1) is 0 Å². The molecule has 5 nitrogen and oxygen atoms in total. The molecule has 3 unspecified atom stereocenters. The van der Waals surface area contributed by atoms with Crippen molar-refractivity contribution in [1.82, 2.24) is 10.6 Å². The van der Waals surface area contributed by atoms with E-state index in [2.05, 4.69) is 10.6 Å². The van der Waals surface area contributed by atoms with Crippen molar-refractivity contribution in [3.05, 3.63) is 0 Å². The minimum Gasteiger partial charge on any atom is -0.393 e. The van der Waals surface area contributed by atoms with Gasteiger partial charge in [0.2, 0.25) is 5.91 Å². The molecule has 1 saturated carbocycles. The molecule has 1 amide bonds. The fourth-order valence-corrected chi connectivity index (χ4v) is 2.34. The van der Waals surface area contributed by atoms with Crippen LogP contribution in [0.1, 0.15) is 19.3 Å². The summed E-state index contributed by atoms with van der Waals surface area (Å²) in [5, 5.41) is 15.6. The molecule has 2 fully saturated rings. The zero-order valence-electron chi connectivity index (χ0n) is 9.45. The van der Waals surface area contributed by atoms with E-state index in [-0.39, 0.29) is 24.0 Å². The van der Waals surface area contributed by atoms with Crippen LogP contribution >= 0.6 is 0 Å². The third-order valence-electron chi connectivity index (χ3n) is 3.40. The van der Waals surface area contributed by atoms with Crippen molar-refractivity contribution in [3.8, 4) is 0 Å². The van der Waals surface area contributed by atoms with Gasteiger partial charge in [0.05, 0.1) is 19.3 Å². The predicted octanol–water partition coefficient (Wildman–Crippen LogP) is -0.748. The molecule has 1 heterocycles. The smallest absolute Gasteiger partial charge is 0.239 e. The van der Waals surface area contributed by atoms with Crippen LogP contribution < -0.4 is 10.6 Å². The Morgan fingerprint density at radius 1 is 1.50 bits per heavy atom. The van der Waals surface area contributed by atoms with Crippen LogP contribution in [0.3, 0.4) is 0 Å². The van der Waals surface area contributed by atoms with E-state index in [4.69, 9.17) is 4.74 Å². The number of ether oxygens (including phenoxy) is 1. The molecule has 1 aliphatic carbocycles. The topological polar surface area (TPSA) is 70.6 Å². The highest BCUT2D eigenvalue weighted by molar-refractivity contribution is 5.81. The number of amides is 1. The van der Waals surface area contributed by atoms with Gasteiger partial charge < -0.3 is 20.5 Å². The second-order valence-electron chi connectivity index (χ2n) is 4.59. The van der Waals surface area contributed by atoms with Crippen molar-refractivity contribution in [2.24, 2.45) is 5.92 Å². The first-order valence-corrected chi connectivity index (χ1v) is 6.04. The highest BCUT2D eigenvalue weighted by atomic mass is 16.5. The molecule has 92 valence electrons. The molecule has 3 atom stereocenters. The molecule has 0 radical (unpaired) electrons. The first-order valence-electron chi connectivity index (χ1n) is 6.04. The summed E-state index contributed by atoms with van der Waals surface area (Å²) < 4.78 is 5.22. The normalized spacial score (nSPS) is 34.9. The Morgan fingerprint density at radius 3 is 3.00 bits per heavy atom. The standard InChI is InChI=1S/C11H20N2O3/c14-10-3-1-2-8(10)6-13-11(15)9-7-16-5-4-12-9/h8-10,12,14H,1-7H2,(H,13,15). The molecule has 0 spiro atoms. The first kappa shape index (κ1) is 11.8. The number of aliphatic hydroxyl groups excluding tert-OH is 1. The van der Waals surface area contributed by atoms with Crippen LogP contribution in [0.25, 0.3) is 0 Å². The molecular weight excluding hydrogens is 208 g/mol. The Kier molecular flexibility index (Phi) is 4.15. The molecule has 2 aliphatic rings. The molecule has 0 aromatic carbocycles. The van der Waals surface area contributed by atoms with Crippen molar-refractivity contribution in [3.63, 3.8) is 0 Å². The van der Waals surface area contributed by atoms with Gasteiger partial charge in [-0.05, 0) is 12.8 Å². The number of hydrogen-bond donors (Lipinski definition) is 3. The number of rotatable bonds is 3. The Balaban J connectivity index is 1.70. The van der Waals surface area contributed by atoms with Gasteiger partial charge in [-0.25, -0.2) is 0 Å². The maximum absolute atomic E-state index is 11.7. The molecular formula is C11H20N2O3. The van der Waals surface area contributed by atoms with Crippen LogP contribution in [0.5, 0.6) is 0 Å². The lowest BCUT2D eigenvalue weighted by molar-refractivity contribution is -0.126. The van der Waals surface area contributed by atoms with E-state index in [1.54, 1.807) is 0 Å². The highest BCUT2D eigenvalue weighted by Gasteiger charge is 2.27. The molecule has 1 saturated heterocycles. The number of hydrogen-bond acceptors (Lipinski definition) is 4. The summed E-state index contributed by atoms with van der Waals surface area (Å²) in [4.78, 5) is 11.7. The first-order chi connectivity index (χ1) is 7.77. The SMILES string of the molecule is O=C(NCC1CCCC1O)C1COCCN1. The fraction of sp³-hybridized carbons (Fsp3) is 0.909. The number of morpholine rings is 1. The zero-order valence-corrected chi connectivity index (χ0v) is 9.45. The van der Waals surface area contributed by atoms with Gasteiger partial charge in [-0.1, -0.05) is 6.42 Å². The Morgan fingerprint density at radius 2 is 2.38 bits per heavy atom. The van der Waals surface area contributed by atoms with E-state index >= 15 is 0 Å². The summed E-state index contributed by atoms with van der Waals surface area (Å²) >= 11 is 0. The van der Waals surface area contributed by atoms with Crippen LogP contribution in [0.4, 0.5) is 0 Å². The van der Waals surface area contributed by atoms with Crippen LogP contribution in [-0.4, -0.2) is 49.5 Å². The average Bonchev–Trinajstić information content (AvgIpc) is 2.73. The van der Waals surface area contributed by atoms with Crippen molar-refractivity contribution in [2.45, 2.75) is 31.4 Å². The predicted molar refractivity (Wildman–Crippen MR) is 59.0 cm³/mol. The van der Waals surface area contributed by atoms with Gasteiger partial charge in [0.15, 0.2) is 0 Å². The summed E-state index contributed by atoms with van der Waals surface area (Å²) in [6, 6.07) is -0.229. The average molecular weight is 228 g/mol. The summed E-state index contributed by atoms with van der Waals surface area (Å²) in [5.74, 6) is 0.215. The molecule has 16 heavy (non-hydrogen) atoms. The minimum atomic E-state index is -0.240. The molecule has 2 rings (SSSR count). The van der Waals surface area contributed by atoms with Gasteiger partial charge >= 0.3 is 0 Å². The number of aliphatic hydroxyl groups is 1. The maximum atomic E-state index is 11.7. The number of carbonyl (C=O) groups is 1. The summed E-state index contributed by atoms with van der Waals surface area (Å²) in [6.07, 6.45) is 2.70. The number of carbonyl (C=O) groups excluding carboxylic acids is 1. The van der Waals surface area contributed by atoms with Gasteiger partial charge in [0.25, 0.3) is 0 Å². The lowest BCUT2D eigenvalue weighted by atomic mass is 10.1. The van der Waals surface area contributed by atoms with Gasteiger partial charge in [0.1, 0.15) is 6.04 Å². The Labute approximate surface area is 95.5 Å². The van der Waals surface area contributed by atoms with Crippen LogP contribution in [0.15, 0.2) is 0 Å². The van der Waals surface area contributed by atoms with E-state index < -0.39 is 0 Å². The summed E-state index contributed by atoms with van der Waals surface area (Å²) in [5.41, 5.74) is 0. The van der Waals surface area contributed by atoms with Crippen LogP contribution in [0, 0.1) is 5.92 Å².